The van der Waals surface area contributed by atoms with E-state index in [0.717, 1.165) is 17.9 Å². The van der Waals surface area contributed by atoms with Crippen molar-refractivity contribution in [3.8, 4) is 0 Å². The van der Waals surface area contributed by atoms with Crippen molar-refractivity contribution >= 4 is 0 Å². The molecule has 20 heavy (non-hydrogen) atoms. The van der Waals surface area contributed by atoms with Gasteiger partial charge in [-0.3, -0.25) is 0 Å². The molecule has 0 saturated heterocycles. The van der Waals surface area contributed by atoms with Crippen LogP contribution in [-0.2, 0) is 0 Å². The Labute approximate surface area is 125 Å². The largest absolute Gasteiger partial charge is 0.465 e. The minimum absolute atomic E-state index is 0.0812. The maximum absolute atomic E-state index is 6.12. The summed E-state index contributed by atoms with van der Waals surface area (Å²) in [6, 6.07) is 4.09. The molecule has 116 valence electrons. The average Bonchev–Trinajstić information content (AvgIpc) is 2.87. The summed E-state index contributed by atoms with van der Waals surface area (Å²) in [6.07, 6.45) is 14.8. The lowest BCUT2D eigenvalue weighted by molar-refractivity contribution is 0.423. The van der Waals surface area contributed by atoms with Crippen molar-refractivity contribution in [2.75, 3.05) is 0 Å². The van der Waals surface area contributed by atoms with Crippen molar-refractivity contribution in [1.82, 2.24) is 0 Å². The third-order valence-electron chi connectivity index (χ3n) is 4.00. The zero-order valence-electron chi connectivity index (χ0n) is 13.5. The van der Waals surface area contributed by atoms with Gasteiger partial charge in [0.05, 0.1) is 6.04 Å². The lowest BCUT2D eigenvalue weighted by atomic mass is 10.0. The van der Waals surface area contributed by atoms with Crippen LogP contribution in [0.5, 0.6) is 0 Å². The first-order valence-electron chi connectivity index (χ1n) is 8.56. The van der Waals surface area contributed by atoms with Gasteiger partial charge in [0.1, 0.15) is 11.5 Å². The van der Waals surface area contributed by atoms with Gasteiger partial charge in [0.2, 0.25) is 0 Å². The minimum Gasteiger partial charge on any atom is -0.465 e. The molecule has 1 unspecified atom stereocenters. The normalized spacial score (nSPS) is 12.8. The number of hydrogen-bond donors (Lipinski definition) is 1. The molecule has 0 amide bonds. The van der Waals surface area contributed by atoms with E-state index in [1.165, 1.54) is 64.2 Å². The van der Waals surface area contributed by atoms with Gasteiger partial charge in [-0.15, -0.1) is 0 Å². The summed E-state index contributed by atoms with van der Waals surface area (Å²) < 4.78 is 5.56. The maximum Gasteiger partial charge on any atom is 0.120 e. The molecule has 1 aromatic rings. The molecular formula is C18H33NO. The lowest BCUT2D eigenvalue weighted by Crippen LogP contribution is -2.08. The van der Waals surface area contributed by atoms with E-state index in [1.807, 2.05) is 19.1 Å². The van der Waals surface area contributed by atoms with E-state index in [9.17, 15) is 0 Å². The molecule has 1 heterocycles. The lowest BCUT2D eigenvalue weighted by Gasteiger charge is -2.08. The monoisotopic (exact) mass is 279 g/mol. The number of nitrogens with two attached hydrogens (primary N) is 1. The topological polar surface area (TPSA) is 39.2 Å². The highest BCUT2D eigenvalue weighted by atomic mass is 16.3. The fourth-order valence-corrected chi connectivity index (χ4v) is 2.65. The first-order valence-corrected chi connectivity index (χ1v) is 8.56. The van der Waals surface area contributed by atoms with E-state index in [-0.39, 0.29) is 6.04 Å². The quantitative estimate of drug-likeness (QED) is 0.484. The molecule has 2 heteroatoms. The van der Waals surface area contributed by atoms with Crippen LogP contribution >= 0.6 is 0 Å². The smallest absolute Gasteiger partial charge is 0.120 e. The Morgan fingerprint density at radius 2 is 1.45 bits per heavy atom. The van der Waals surface area contributed by atoms with Gasteiger partial charge < -0.3 is 10.2 Å². The zero-order valence-corrected chi connectivity index (χ0v) is 13.5. The van der Waals surface area contributed by atoms with Crippen LogP contribution in [0.2, 0.25) is 0 Å². The molecule has 0 fully saturated rings. The summed E-state index contributed by atoms with van der Waals surface area (Å²) >= 11 is 0. The average molecular weight is 279 g/mol. The van der Waals surface area contributed by atoms with Crippen LogP contribution in [0.4, 0.5) is 0 Å². The Hall–Kier alpha value is -0.760. The van der Waals surface area contributed by atoms with Gasteiger partial charge >= 0.3 is 0 Å². The van der Waals surface area contributed by atoms with E-state index in [4.69, 9.17) is 10.2 Å². The molecule has 1 aromatic heterocycles. The summed E-state index contributed by atoms with van der Waals surface area (Å²) in [5.41, 5.74) is 6.12. The minimum atomic E-state index is 0.0812. The predicted molar refractivity (Wildman–Crippen MR) is 86.8 cm³/mol. The van der Waals surface area contributed by atoms with Gasteiger partial charge in [-0.2, -0.15) is 0 Å². The van der Waals surface area contributed by atoms with Crippen molar-refractivity contribution in [2.45, 2.75) is 90.5 Å². The summed E-state index contributed by atoms with van der Waals surface area (Å²) in [4.78, 5) is 0. The summed E-state index contributed by atoms with van der Waals surface area (Å²) in [5, 5.41) is 0. The molecule has 0 aliphatic carbocycles. The fraction of sp³-hybridized carbons (Fsp3) is 0.778. The van der Waals surface area contributed by atoms with Gasteiger partial charge in [0.25, 0.3) is 0 Å². The third kappa shape index (κ3) is 7.74. The Morgan fingerprint density at radius 3 is 1.95 bits per heavy atom. The van der Waals surface area contributed by atoms with Crippen molar-refractivity contribution in [1.29, 1.82) is 0 Å². The maximum atomic E-state index is 6.12. The highest BCUT2D eigenvalue weighted by molar-refractivity contribution is 5.08. The van der Waals surface area contributed by atoms with Crippen LogP contribution in [0.15, 0.2) is 16.5 Å². The molecular weight excluding hydrogens is 246 g/mol. The highest BCUT2D eigenvalue weighted by Crippen LogP contribution is 2.20. The predicted octanol–water partition coefficient (Wildman–Crippen LogP) is 5.90. The number of furan rings is 1. The molecule has 0 aromatic carbocycles. The van der Waals surface area contributed by atoms with Crippen LogP contribution in [0.1, 0.15) is 95.1 Å². The SMILES string of the molecule is CCCCCCCCCCCCC(N)c1ccc(C)o1. The van der Waals surface area contributed by atoms with Gasteiger partial charge in [-0.1, -0.05) is 71.1 Å². The van der Waals surface area contributed by atoms with E-state index in [0.29, 0.717) is 0 Å². The summed E-state index contributed by atoms with van der Waals surface area (Å²) in [5.74, 6) is 1.90. The second kappa shape index (κ2) is 11.0. The molecule has 0 spiro atoms. The van der Waals surface area contributed by atoms with Crippen LogP contribution in [-0.4, -0.2) is 0 Å². The first kappa shape index (κ1) is 17.3. The molecule has 2 N–H and O–H groups in total. The Balaban J connectivity index is 1.89. The van der Waals surface area contributed by atoms with Crippen molar-refractivity contribution in [3.05, 3.63) is 23.7 Å². The van der Waals surface area contributed by atoms with Crippen LogP contribution in [0.3, 0.4) is 0 Å². The van der Waals surface area contributed by atoms with E-state index < -0.39 is 0 Å². The number of rotatable bonds is 12. The second-order valence-electron chi connectivity index (χ2n) is 6.03. The highest BCUT2D eigenvalue weighted by Gasteiger charge is 2.09. The molecule has 0 aliphatic heterocycles. The number of aryl methyl sites for hydroxylation is 1. The fourth-order valence-electron chi connectivity index (χ4n) is 2.65. The number of unbranched alkanes of at least 4 members (excludes halogenated alkanes) is 9. The van der Waals surface area contributed by atoms with Gasteiger partial charge in [-0.05, 0) is 25.5 Å². The standard InChI is InChI=1S/C18H33NO/c1-3-4-5-6-7-8-9-10-11-12-13-17(19)18-15-14-16(2)20-18/h14-15,17H,3-13,19H2,1-2H3. The molecule has 0 saturated carbocycles. The summed E-state index contributed by atoms with van der Waals surface area (Å²) in [6.45, 7) is 4.24. The summed E-state index contributed by atoms with van der Waals surface area (Å²) in [7, 11) is 0. The Morgan fingerprint density at radius 1 is 0.900 bits per heavy atom. The van der Waals surface area contributed by atoms with Crippen molar-refractivity contribution < 1.29 is 4.42 Å². The zero-order chi connectivity index (χ0) is 14.6. The van der Waals surface area contributed by atoms with Crippen LogP contribution in [0.25, 0.3) is 0 Å². The Kier molecular flexibility index (Phi) is 9.48. The van der Waals surface area contributed by atoms with Gasteiger partial charge in [0, 0.05) is 0 Å². The molecule has 1 rings (SSSR count). The van der Waals surface area contributed by atoms with E-state index in [2.05, 4.69) is 6.92 Å². The van der Waals surface area contributed by atoms with E-state index in [1.54, 1.807) is 0 Å². The first-order chi connectivity index (χ1) is 9.74. The molecule has 0 aliphatic rings. The molecule has 2 nitrogen and oxygen atoms in total. The van der Waals surface area contributed by atoms with Gasteiger partial charge in [0.15, 0.2) is 0 Å². The number of hydrogen-bond acceptors (Lipinski definition) is 2. The molecule has 0 bridgehead atoms. The molecule has 0 radical (unpaired) electrons. The van der Waals surface area contributed by atoms with Crippen molar-refractivity contribution in [3.63, 3.8) is 0 Å². The van der Waals surface area contributed by atoms with Gasteiger partial charge in [-0.25, -0.2) is 0 Å². The second-order valence-corrected chi connectivity index (χ2v) is 6.03. The van der Waals surface area contributed by atoms with Crippen LogP contribution < -0.4 is 5.73 Å². The Bertz CT molecular complexity index is 332. The van der Waals surface area contributed by atoms with Crippen molar-refractivity contribution in [2.24, 2.45) is 5.73 Å². The third-order valence-corrected chi connectivity index (χ3v) is 4.00. The van der Waals surface area contributed by atoms with Crippen LogP contribution in [0, 0.1) is 6.92 Å². The molecule has 1 atom stereocenters. The van der Waals surface area contributed by atoms with E-state index >= 15 is 0 Å².